The molecule has 0 radical (unpaired) electrons. The van der Waals surface area contributed by atoms with Gasteiger partial charge in [0.1, 0.15) is 0 Å². The van der Waals surface area contributed by atoms with Crippen molar-refractivity contribution in [1.29, 1.82) is 0 Å². The molecular formula is C18H23N3. The molecule has 0 saturated heterocycles. The molecule has 3 nitrogen and oxygen atoms in total. The molecule has 110 valence electrons. The maximum Gasteiger partial charge on any atom is 0.0534 e. The first-order valence-electron chi connectivity index (χ1n) is 8.12. The Labute approximate surface area is 126 Å². The summed E-state index contributed by atoms with van der Waals surface area (Å²) in [7, 11) is 0. The fourth-order valence-corrected chi connectivity index (χ4v) is 4.06. The molecule has 0 aliphatic heterocycles. The summed E-state index contributed by atoms with van der Waals surface area (Å²) < 4.78 is 1.99. The summed E-state index contributed by atoms with van der Waals surface area (Å²) in [6, 6.07) is 9.05. The highest BCUT2D eigenvalue weighted by molar-refractivity contribution is 5.45. The zero-order valence-electron chi connectivity index (χ0n) is 12.7. The highest BCUT2D eigenvalue weighted by atomic mass is 15.3. The van der Waals surface area contributed by atoms with Crippen LogP contribution in [-0.2, 0) is 24.9 Å². The van der Waals surface area contributed by atoms with E-state index in [1.807, 2.05) is 10.9 Å². The van der Waals surface area contributed by atoms with Crippen LogP contribution in [0.2, 0.25) is 0 Å². The predicted molar refractivity (Wildman–Crippen MR) is 84.2 cm³/mol. The summed E-state index contributed by atoms with van der Waals surface area (Å²) in [5.41, 5.74) is 5.02. The van der Waals surface area contributed by atoms with Gasteiger partial charge in [-0.3, -0.25) is 4.68 Å². The maximum absolute atomic E-state index is 4.33. The fourth-order valence-electron chi connectivity index (χ4n) is 4.06. The number of rotatable bonds is 5. The maximum atomic E-state index is 4.33. The standard InChI is InChI=1S/C18H23N3/c1-2-21-13-14(11-20-21)10-19-12-16-9-18(16)8-7-15-5-3-4-6-17(15)18/h3-6,11,13,16,19H,2,7-10,12H2,1H3/t16-,18+/m0/s1. The minimum absolute atomic E-state index is 0.511. The average Bonchev–Trinajstić information content (AvgIpc) is 2.85. The molecule has 2 aliphatic carbocycles. The zero-order valence-corrected chi connectivity index (χ0v) is 12.7. The van der Waals surface area contributed by atoms with E-state index in [1.165, 1.54) is 24.8 Å². The molecular weight excluding hydrogens is 258 g/mol. The summed E-state index contributed by atoms with van der Waals surface area (Å²) in [4.78, 5) is 0. The summed E-state index contributed by atoms with van der Waals surface area (Å²) in [5.74, 6) is 0.822. The Kier molecular flexibility index (Phi) is 3.11. The lowest BCUT2D eigenvalue weighted by molar-refractivity contribution is 0.547. The third-order valence-electron chi connectivity index (χ3n) is 5.36. The summed E-state index contributed by atoms with van der Waals surface area (Å²) in [5, 5.41) is 7.96. The van der Waals surface area contributed by atoms with Gasteiger partial charge in [0.25, 0.3) is 0 Å². The van der Waals surface area contributed by atoms with Crippen LogP contribution >= 0.6 is 0 Å². The van der Waals surface area contributed by atoms with Crippen LogP contribution in [0, 0.1) is 5.92 Å². The van der Waals surface area contributed by atoms with Crippen molar-refractivity contribution in [3.63, 3.8) is 0 Å². The predicted octanol–water partition coefficient (Wildman–Crippen LogP) is 2.90. The zero-order chi connectivity index (χ0) is 14.3. The van der Waals surface area contributed by atoms with E-state index < -0.39 is 0 Å². The molecule has 1 saturated carbocycles. The van der Waals surface area contributed by atoms with Crippen LogP contribution < -0.4 is 5.32 Å². The summed E-state index contributed by atoms with van der Waals surface area (Å²) in [6.07, 6.45) is 8.11. The largest absolute Gasteiger partial charge is 0.312 e. The van der Waals surface area contributed by atoms with E-state index in [4.69, 9.17) is 0 Å². The highest BCUT2D eigenvalue weighted by Crippen LogP contribution is 2.61. The molecule has 0 bridgehead atoms. The van der Waals surface area contributed by atoms with E-state index in [-0.39, 0.29) is 0 Å². The van der Waals surface area contributed by atoms with Crippen LogP contribution in [0.4, 0.5) is 0 Å². The molecule has 1 spiro atoms. The van der Waals surface area contributed by atoms with Crippen molar-refractivity contribution in [3.05, 3.63) is 53.3 Å². The van der Waals surface area contributed by atoms with Gasteiger partial charge in [0.2, 0.25) is 0 Å². The number of fused-ring (bicyclic) bond motifs is 2. The van der Waals surface area contributed by atoms with Crippen molar-refractivity contribution < 1.29 is 0 Å². The van der Waals surface area contributed by atoms with Crippen LogP contribution in [0.15, 0.2) is 36.7 Å². The molecule has 1 fully saturated rings. The average molecular weight is 281 g/mol. The first kappa shape index (κ1) is 13.1. The molecule has 1 N–H and O–H groups in total. The van der Waals surface area contributed by atoms with Gasteiger partial charge in [-0.25, -0.2) is 0 Å². The van der Waals surface area contributed by atoms with Gasteiger partial charge >= 0.3 is 0 Å². The first-order valence-corrected chi connectivity index (χ1v) is 8.12. The molecule has 1 aromatic heterocycles. The Balaban J connectivity index is 1.34. The lowest BCUT2D eigenvalue weighted by atomic mass is 9.95. The van der Waals surface area contributed by atoms with Crippen LogP contribution in [0.25, 0.3) is 0 Å². The second-order valence-electron chi connectivity index (χ2n) is 6.55. The van der Waals surface area contributed by atoms with Crippen molar-refractivity contribution >= 4 is 0 Å². The first-order chi connectivity index (χ1) is 10.3. The second-order valence-corrected chi connectivity index (χ2v) is 6.55. The van der Waals surface area contributed by atoms with Gasteiger partial charge in [-0.1, -0.05) is 24.3 Å². The Morgan fingerprint density at radius 1 is 1.38 bits per heavy atom. The Bertz CT molecular complexity index is 645. The third kappa shape index (κ3) is 2.20. The lowest BCUT2D eigenvalue weighted by Crippen LogP contribution is -2.20. The van der Waals surface area contributed by atoms with E-state index in [0.717, 1.165) is 25.6 Å². The third-order valence-corrected chi connectivity index (χ3v) is 5.36. The van der Waals surface area contributed by atoms with Gasteiger partial charge in [0, 0.05) is 30.3 Å². The molecule has 4 rings (SSSR count). The number of nitrogens with zero attached hydrogens (tertiary/aromatic N) is 2. The van der Waals surface area contributed by atoms with Crippen LogP contribution in [-0.4, -0.2) is 16.3 Å². The lowest BCUT2D eigenvalue weighted by Gasteiger charge is -2.11. The molecule has 2 aromatic rings. The van der Waals surface area contributed by atoms with Crippen molar-refractivity contribution in [1.82, 2.24) is 15.1 Å². The minimum Gasteiger partial charge on any atom is -0.312 e. The van der Waals surface area contributed by atoms with E-state index in [1.54, 1.807) is 11.1 Å². The van der Waals surface area contributed by atoms with Gasteiger partial charge in [-0.05, 0) is 49.8 Å². The SMILES string of the molecule is CCn1cc(CNC[C@@H]2C[C@]23CCc2ccccc23)cn1. The number of hydrogen-bond acceptors (Lipinski definition) is 2. The van der Waals surface area contributed by atoms with Crippen LogP contribution in [0.3, 0.4) is 0 Å². The van der Waals surface area contributed by atoms with E-state index in [2.05, 4.69) is 47.8 Å². The molecule has 0 unspecified atom stereocenters. The quantitative estimate of drug-likeness (QED) is 0.913. The number of aryl methyl sites for hydroxylation is 2. The Morgan fingerprint density at radius 3 is 3.14 bits per heavy atom. The van der Waals surface area contributed by atoms with E-state index in [9.17, 15) is 0 Å². The second kappa shape index (κ2) is 4.99. The highest BCUT2D eigenvalue weighted by Gasteiger charge is 2.57. The van der Waals surface area contributed by atoms with Crippen LogP contribution in [0.1, 0.15) is 36.5 Å². The topological polar surface area (TPSA) is 29.9 Å². The van der Waals surface area contributed by atoms with E-state index >= 15 is 0 Å². The molecule has 1 heterocycles. The van der Waals surface area contributed by atoms with Crippen molar-refractivity contribution in [2.45, 2.75) is 44.7 Å². The molecule has 3 heteroatoms. The number of nitrogens with one attached hydrogen (secondary N) is 1. The van der Waals surface area contributed by atoms with Gasteiger partial charge < -0.3 is 5.32 Å². The molecule has 1 aromatic carbocycles. The number of hydrogen-bond donors (Lipinski definition) is 1. The van der Waals surface area contributed by atoms with E-state index in [0.29, 0.717) is 5.41 Å². The molecule has 2 aliphatic rings. The molecule has 2 atom stereocenters. The number of aromatic nitrogens is 2. The monoisotopic (exact) mass is 281 g/mol. The van der Waals surface area contributed by atoms with Gasteiger partial charge in [0.15, 0.2) is 0 Å². The van der Waals surface area contributed by atoms with Gasteiger partial charge in [-0.2, -0.15) is 5.10 Å². The van der Waals surface area contributed by atoms with Crippen molar-refractivity contribution in [3.8, 4) is 0 Å². The summed E-state index contributed by atoms with van der Waals surface area (Å²) >= 11 is 0. The molecule has 0 amide bonds. The van der Waals surface area contributed by atoms with Gasteiger partial charge in [-0.15, -0.1) is 0 Å². The summed E-state index contributed by atoms with van der Waals surface area (Å²) in [6.45, 7) is 5.14. The van der Waals surface area contributed by atoms with Crippen LogP contribution in [0.5, 0.6) is 0 Å². The van der Waals surface area contributed by atoms with Crippen molar-refractivity contribution in [2.24, 2.45) is 5.92 Å². The normalized spacial score (nSPS) is 26.2. The minimum atomic E-state index is 0.511. The number of benzene rings is 1. The molecule has 21 heavy (non-hydrogen) atoms. The Morgan fingerprint density at radius 2 is 2.29 bits per heavy atom. The smallest absolute Gasteiger partial charge is 0.0534 e. The van der Waals surface area contributed by atoms with Gasteiger partial charge in [0.05, 0.1) is 6.20 Å². The fraction of sp³-hybridized carbons (Fsp3) is 0.500. The Hall–Kier alpha value is -1.61. The van der Waals surface area contributed by atoms with Crippen molar-refractivity contribution in [2.75, 3.05) is 6.54 Å².